The van der Waals surface area contributed by atoms with Gasteiger partial charge in [0.05, 0.1) is 11.4 Å². The summed E-state index contributed by atoms with van der Waals surface area (Å²) in [6.07, 6.45) is 3.43. The molecule has 2 heterocycles. The first kappa shape index (κ1) is 12.1. The van der Waals surface area contributed by atoms with Gasteiger partial charge in [-0.25, -0.2) is 0 Å². The molecule has 0 saturated carbocycles. The van der Waals surface area contributed by atoms with E-state index in [1.54, 1.807) is 18.5 Å². The van der Waals surface area contributed by atoms with Gasteiger partial charge in [0.25, 0.3) is 0 Å². The lowest BCUT2D eigenvalue weighted by Crippen LogP contribution is -2.12. The highest BCUT2D eigenvalue weighted by Gasteiger charge is 2.13. The molecule has 0 atom stereocenters. The molecule has 98 valence electrons. The topological polar surface area (TPSA) is 84.7 Å². The van der Waals surface area contributed by atoms with Crippen LogP contribution in [0.5, 0.6) is 0 Å². The van der Waals surface area contributed by atoms with Gasteiger partial charge in [0.15, 0.2) is 0 Å². The molecule has 3 N–H and O–H groups in total. The molecule has 0 saturated heterocycles. The van der Waals surface area contributed by atoms with Gasteiger partial charge in [-0.05, 0) is 30.3 Å². The van der Waals surface area contributed by atoms with E-state index in [2.05, 4.69) is 15.2 Å². The van der Waals surface area contributed by atoms with Crippen LogP contribution < -0.4 is 5.73 Å². The molecule has 0 aliphatic heterocycles. The quantitative estimate of drug-likeness (QED) is 0.760. The number of pyridine rings is 1. The molecule has 1 amide bonds. The smallest absolute Gasteiger partial charge is 0.249 e. The number of benzene rings is 1. The molecule has 0 aliphatic rings. The molecule has 0 unspecified atom stereocenters. The Labute approximate surface area is 115 Å². The highest BCUT2D eigenvalue weighted by Crippen LogP contribution is 2.27. The summed E-state index contributed by atoms with van der Waals surface area (Å²) in [7, 11) is 0. The zero-order valence-corrected chi connectivity index (χ0v) is 10.6. The van der Waals surface area contributed by atoms with Crippen molar-refractivity contribution in [1.29, 1.82) is 0 Å². The van der Waals surface area contributed by atoms with Gasteiger partial charge in [0, 0.05) is 29.1 Å². The normalized spacial score (nSPS) is 10.4. The Kier molecular flexibility index (Phi) is 3.01. The van der Waals surface area contributed by atoms with Gasteiger partial charge in [-0.1, -0.05) is 12.1 Å². The number of hydrogen-bond donors (Lipinski definition) is 2. The third-order valence-corrected chi connectivity index (χ3v) is 3.02. The number of hydrogen-bond acceptors (Lipinski definition) is 3. The van der Waals surface area contributed by atoms with Crippen LogP contribution >= 0.6 is 0 Å². The van der Waals surface area contributed by atoms with Crippen molar-refractivity contribution >= 4 is 5.91 Å². The first-order valence-corrected chi connectivity index (χ1v) is 6.11. The van der Waals surface area contributed by atoms with Gasteiger partial charge < -0.3 is 5.73 Å². The maximum absolute atomic E-state index is 11.6. The number of carbonyl (C=O) groups excluding carboxylic acids is 1. The maximum atomic E-state index is 11.6. The average Bonchev–Trinajstić information content (AvgIpc) is 3.02. The summed E-state index contributed by atoms with van der Waals surface area (Å²) in [5, 5.41) is 6.90. The van der Waals surface area contributed by atoms with Crippen LogP contribution in [0.25, 0.3) is 22.5 Å². The summed E-state index contributed by atoms with van der Waals surface area (Å²) >= 11 is 0. The van der Waals surface area contributed by atoms with Crippen LogP contribution in [0.4, 0.5) is 0 Å². The van der Waals surface area contributed by atoms with E-state index in [1.807, 2.05) is 36.4 Å². The van der Waals surface area contributed by atoms with Crippen molar-refractivity contribution in [3.63, 3.8) is 0 Å². The van der Waals surface area contributed by atoms with Crippen LogP contribution in [-0.4, -0.2) is 21.1 Å². The zero-order chi connectivity index (χ0) is 13.9. The van der Waals surface area contributed by atoms with Crippen LogP contribution in [0.15, 0.2) is 54.9 Å². The predicted molar refractivity (Wildman–Crippen MR) is 75.8 cm³/mol. The lowest BCUT2D eigenvalue weighted by Gasteiger charge is -2.08. The zero-order valence-electron chi connectivity index (χ0n) is 10.6. The van der Waals surface area contributed by atoms with Crippen molar-refractivity contribution in [1.82, 2.24) is 15.2 Å². The van der Waals surface area contributed by atoms with Gasteiger partial charge in [0.2, 0.25) is 5.91 Å². The second-order valence-electron chi connectivity index (χ2n) is 4.30. The van der Waals surface area contributed by atoms with E-state index in [0.29, 0.717) is 16.8 Å². The van der Waals surface area contributed by atoms with E-state index in [4.69, 9.17) is 5.73 Å². The SMILES string of the molecule is NC(=O)c1ccc(-c2cc[nH]n2)cc1-c1ccccn1. The maximum Gasteiger partial charge on any atom is 0.249 e. The monoisotopic (exact) mass is 264 g/mol. The van der Waals surface area contributed by atoms with Crippen molar-refractivity contribution in [3.8, 4) is 22.5 Å². The van der Waals surface area contributed by atoms with Crippen LogP contribution in [-0.2, 0) is 0 Å². The molecule has 0 fully saturated rings. The number of H-pyrrole nitrogens is 1. The van der Waals surface area contributed by atoms with Gasteiger partial charge in [-0.2, -0.15) is 5.10 Å². The van der Waals surface area contributed by atoms with Gasteiger partial charge in [0.1, 0.15) is 0 Å². The van der Waals surface area contributed by atoms with E-state index in [-0.39, 0.29) is 0 Å². The first-order valence-electron chi connectivity index (χ1n) is 6.11. The minimum absolute atomic E-state index is 0.447. The molecule has 3 aromatic rings. The van der Waals surface area contributed by atoms with E-state index in [9.17, 15) is 4.79 Å². The van der Waals surface area contributed by atoms with Crippen molar-refractivity contribution in [3.05, 3.63) is 60.4 Å². The molecule has 1 aromatic carbocycles. The fraction of sp³-hybridized carbons (Fsp3) is 0. The van der Waals surface area contributed by atoms with Crippen molar-refractivity contribution in [2.75, 3.05) is 0 Å². The Bertz CT molecular complexity index is 736. The molecular weight excluding hydrogens is 252 g/mol. The van der Waals surface area contributed by atoms with Gasteiger partial charge >= 0.3 is 0 Å². The second-order valence-corrected chi connectivity index (χ2v) is 4.30. The fourth-order valence-corrected chi connectivity index (χ4v) is 2.07. The van der Waals surface area contributed by atoms with Crippen LogP contribution in [0.3, 0.4) is 0 Å². The lowest BCUT2D eigenvalue weighted by molar-refractivity contribution is 0.100. The molecule has 0 bridgehead atoms. The second kappa shape index (κ2) is 4.97. The molecule has 5 heteroatoms. The molecule has 3 rings (SSSR count). The number of nitrogens with two attached hydrogens (primary N) is 1. The number of nitrogens with one attached hydrogen (secondary N) is 1. The van der Waals surface area contributed by atoms with Crippen molar-refractivity contribution in [2.45, 2.75) is 0 Å². The van der Waals surface area contributed by atoms with E-state index in [1.165, 1.54) is 0 Å². The highest BCUT2D eigenvalue weighted by atomic mass is 16.1. The summed E-state index contributed by atoms with van der Waals surface area (Å²) < 4.78 is 0. The number of nitrogens with zero attached hydrogens (tertiary/aromatic N) is 2. The van der Waals surface area contributed by atoms with Crippen LogP contribution in [0, 0.1) is 0 Å². The third-order valence-electron chi connectivity index (χ3n) is 3.02. The lowest BCUT2D eigenvalue weighted by atomic mass is 9.99. The van der Waals surface area contributed by atoms with Crippen molar-refractivity contribution < 1.29 is 4.79 Å². The summed E-state index contributed by atoms with van der Waals surface area (Å²) in [5.74, 6) is -0.473. The standard InChI is InChI=1S/C15H12N4O/c16-15(20)11-5-4-10(13-6-8-18-19-13)9-12(11)14-3-1-2-7-17-14/h1-9H,(H2,16,20)(H,18,19). The van der Waals surface area contributed by atoms with Gasteiger partial charge in [-0.15, -0.1) is 0 Å². The van der Waals surface area contributed by atoms with Crippen LogP contribution in [0.1, 0.15) is 10.4 Å². The van der Waals surface area contributed by atoms with E-state index >= 15 is 0 Å². The summed E-state index contributed by atoms with van der Waals surface area (Å²) in [5.41, 5.74) is 9.00. The van der Waals surface area contributed by atoms with Crippen LogP contribution in [0.2, 0.25) is 0 Å². The minimum atomic E-state index is -0.473. The fourth-order valence-electron chi connectivity index (χ4n) is 2.07. The number of carbonyl (C=O) groups is 1. The van der Waals surface area contributed by atoms with E-state index in [0.717, 1.165) is 11.3 Å². The Morgan fingerprint density at radius 3 is 2.65 bits per heavy atom. The third kappa shape index (κ3) is 2.16. The Balaban J connectivity index is 2.19. The number of rotatable bonds is 3. The number of aromatic nitrogens is 3. The average molecular weight is 264 g/mol. The Morgan fingerprint density at radius 1 is 1.10 bits per heavy atom. The highest BCUT2D eigenvalue weighted by molar-refractivity contribution is 6.00. The Hall–Kier alpha value is -2.95. The molecular formula is C15H12N4O. The molecule has 2 aromatic heterocycles. The predicted octanol–water partition coefficient (Wildman–Crippen LogP) is 2.24. The van der Waals surface area contributed by atoms with Gasteiger partial charge in [-0.3, -0.25) is 14.9 Å². The summed E-state index contributed by atoms with van der Waals surface area (Å²) in [4.78, 5) is 15.8. The largest absolute Gasteiger partial charge is 0.366 e. The Morgan fingerprint density at radius 2 is 2.00 bits per heavy atom. The molecule has 0 spiro atoms. The van der Waals surface area contributed by atoms with Crippen molar-refractivity contribution in [2.24, 2.45) is 5.73 Å². The first-order chi connectivity index (χ1) is 9.75. The molecule has 0 radical (unpaired) electrons. The van der Waals surface area contributed by atoms with E-state index < -0.39 is 5.91 Å². The number of primary amides is 1. The molecule has 0 aliphatic carbocycles. The summed E-state index contributed by atoms with van der Waals surface area (Å²) in [6, 6.07) is 12.8. The minimum Gasteiger partial charge on any atom is -0.366 e. The molecule has 20 heavy (non-hydrogen) atoms. The number of aromatic amines is 1. The molecule has 5 nitrogen and oxygen atoms in total. The number of amides is 1. The summed E-state index contributed by atoms with van der Waals surface area (Å²) in [6.45, 7) is 0.